The number of hydrogen-bond acceptors (Lipinski definition) is 2. The predicted molar refractivity (Wildman–Crippen MR) is 72.9 cm³/mol. The summed E-state index contributed by atoms with van der Waals surface area (Å²) in [7, 11) is 0. The Balaban J connectivity index is 2.03. The highest BCUT2D eigenvalue weighted by molar-refractivity contribution is 5.71. The number of nitrogens with zero attached hydrogens (tertiary/aromatic N) is 2. The van der Waals surface area contributed by atoms with Crippen molar-refractivity contribution in [1.29, 1.82) is 5.26 Å². The lowest BCUT2D eigenvalue weighted by atomic mass is 9.99. The SMILES string of the molecule is N#CCC1CN(c2ccccc2)c2ccccc21. The molecule has 88 valence electrons. The molecule has 0 saturated heterocycles. The fraction of sp³-hybridized carbons (Fsp3) is 0.188. The van der Waals surface area contributed by atoms with Gasteiger partial charge < -0.3 is 4.90 Å². The minimum Gasteiger partial charge on any atom is -0.341 e. The van der Waals surface area contributed by atoms with Crippen LogP contribution in [-0.2, 0) is 0 Å². The summed E-state index contributed by atoms with van der Waals surface area (Å²) in [5.41, 5.74) is 3.73. The molecule has 0 bridgehead atoms. The minimum atomic E-state index is 0.325. The molecule has 0 spiro atoms. The highest BCUT2D eigenvalue weighted by Crippen LogP contribution is 2.41. The summed E-state index contributed by atoms with van der Waals surface area (Å²) in [6.45, 7) is 0.900. The molecule has 1 unspecified atom stereocenters. The Morgan fingerprint density at radius 2 is 1.78 bits per heavy atom. The van der Waals surface area contributed by atoms with Crippen molar-refractivity contribution in [3.8, 4) is 6.07 Å². The van der Waals surface area contributed by atoms with E-state index in [4.69, 9.17) is 5.26 Å². The molecule has 1 atom stereocenters. The molecule has 0 amide bonds. The van der Waals surface area contributed by atoms with Gasteiger partial charge in [0.15, 0.2) is 0 Å². The first kappa shape index (κ1) is 10.9. The normalized spacial score (nSPS) is 17.3. The molecule has 0 N–H and O–H groups in total. The quantitative estimate of drug-likeness (QED) is 0.789. The Hall–Kier alpha value is -2.27. The fourth-order valence-electron chi connectivity index (χ4n) is 2.63. The van der Waals surface area contributed by atoms with Gasteiger partial charge in [-0.2, -0.15) is 5.26 Å². The van der Waals surface area contributed by atoms with E-state index in [0.717, 1.165) is 6.54 Å². The van der Waals surface area contributed by atoms with Gasteiger partial charge in [0, 0.05) is 30.3 Å². The van der Waals surface area contributed by atoms with Gasteiger partial charge in [0.2, 0.25) is 0 Å². The lowest BCUT2D eigenvalue weighted by Crippen LogP contribution is -2.15. The molecule has 3 rings (SSSR count). The number of benzene rings is 2. The van der Waals surface area contributed by atoms with E-state index in [0.29, 0.717) is 12.3 Å². The summed E-state index contributed by atoms with van der Waals surface area (Å²) < 4.78 is 0. The van der Waals surface area contributed by atoms with Crippen LogP contribution in [0.4, 0.5) is 11.4 Å². The van der Waals surface area contributed by atoms with E-state index >= 15 is 0 Å². The molecule has 0 aromatic heterocycles. The van der Waals surface area contributed by atoms with E-state index in [2.05, 4.69) is 59.5 Å². The van der Waals surface area contributed by atoms with Crippen LogP contribution in [-0.4, -0.2) is 6.54 Å². The number of fused-ring (bicyclic) bond motifs is 1. The Kier molecular flexibility index (Phi) is 2.74. The van der Waals surface area contributed by atoms with Crippen LogP contribution >= 0.6 is 0 Å². The first-order valence-electron chi connectivity index (χ1n) is 6.18. The predicted octanol–water partition coefficient (Wildman–Crippen LogP) is 3.84. The van der Waals surface area contributed by atoms with Crippen LogP contribution < -0.4 is 4.90 Å². The Morgan fingerprint density at radius 3 is 2.56 bits per heavy atom. The van der Waals surface area contributed by atoms with Crippen molar-refractivity contribution in [2.75, 3.05) is 11.4 Å². The zero-order chi connectivity index (χ0) is 12.4. The summed E-state index contributed by atoms with van der Waals surface area (Å²) in [5.74, 6) is 0.325. The van der Waals surface area contributed by atoms with Crippen molar-refractivity contribution in [2.45, 2.75) is 12.3 Å². The maximum absolute atomic E-state index is 8.94. The molecular formula is C16H14N2. The molecule has 2 aromatic carbocycles. The maximum atomic E-state index is 8.94. The van der Waals surface area contributed by atoms with Crippen molar-refractivity contribution in [1.82, 2.24) is 0 Å². The van der Waals surface area contributed by atoms with Crippen LogP contribution in [0.3, 0.4) is 0 Å². The zero-order valence-corrected chi connectivity index (χ0v) is 10.1. The Bertz CT molecular complexity index is 584. The molecule has 2 aromatic rings. The van der Waals surface area contributed by atoms with Crippen LogP contribution in [0.5, 0.6) is 0 Å². The highest BCUT2D eigenvalue weighted by atomic mass is 15.2. The van der Waals surface area contributed by atoms with Gasteiger partial charge in [0.05, 0.1) is 6.07 Å². The average Bonchev–Trinajstić information content (AvgIpc) is 2.80. The smallest absolute Gasteiger partial charge is 0.0628 e. The van der Waals surface area contributed by atoms with Gasteiger partial charge in [0.1, 0.15) is 0 Å². The van der Waals surface area contributed by atoms with E-state index in [-0.39, 0.29) is 0 Å². The number of hydrogen-bond donors (Lipinski definition) is 0. The molecule has 1 heterocycles. The van der Waals surface area contributed by atoms with E-state index in [1.807, 2.05) is 6.07 Å². The summed E-state index contributed by atoms with van der Waals surface area (Å²) in [6, 6.07) is 21.0. The van der Waals surface area contributed by atoms with Gasteiger partial charge in [-0.3, -0.25) is 0 Å². The van der Waals surface area contributed by atoms with Crippen LogP contribution in [0.1, 0.15) is 17.9 Å². The highest BCUT2D eigenvalue weighted by Gasteiger charge is 2.28. The van der Waals surface area contributed by atoms with Crippen molar-refractivity contribution in [3.05, 3.63) is 60.2 Å². The molecular weight excluding hydrogens is 220 g/mol. The van der Waals surface area contributed by atoms with Gasteiger partial charge in [-0.25, -0.2) is 0 Å². The molecule has 0 aliphatic carbocycles. The van der Waals surface area contributed by atoms with Crippen LogP contribution in [0, 0.1) is 11.3 Å². The summed E-state index contributed by atoms with van der Waals surface area (Å²) in [5, 5.41) is 8.94. The number of nitriles is 1. The number of para-hydroxylation sites is 2. The second-order valence-electron chi connectivity index (χ2n) is 4.56. The fourth-order valence-corrected chi connectivity index (χ4v) is 2.63. The number of rotatable bonds is 2. The molecule has 1 aliphatic rings. The van der Waals surface area contributed by atoms with E-state index in [9.17, 15) is 0 Å². The first-order valence-corrected chi connectivity index (χ1v) is 6.18. The van der Waals surface area contributed by atoms with Crippen LogP contribution in [0.15, 0.2) is 54.6 Å². The van der Waals surface area contributed by atoms with E-state index < -0.39 is 0 Å². The summed E-state index contributed by atoms with van der Waals surface area (Å²) in [6.07, 6.45) is 0.584. The third-order valence-electron chi connectivity index (χ3n) is 3.48. The van der Waals surface area contributed by atoms with Crippen molar-refractivity contribution < 1.29 is 0 Å². The standard InChI is InChI=1S/C16H14N2/c17-11-10-13-12-18(14-6-2-1-3-7-14)16-9-5-4-8-15(13)16/h1-9,13H,10,12H2. The molecule has 18 heavy (non-hydrogen) atoms. The van der Waals surface area contributed by atoms with Gasteiger partial charge in [-0.15, -0.1) is 0 Å². The molecule has 0 saturated carbocycles. The topological polar surface area (TPSA) is 27.0 Å². The average molecular weight is 234 g/mol. The van der Waals surface area contributed by atoms with Crippen LogP contribution in [0.25, 0.3) is 0 Å². The van der Waals surface area contributed by atoms with Gasteiger partial charge >= 0.3 is 0 Å². The molecule has 0 fully saturated rings. The van der Waals surface area contributed by atoms with Crippen molar-refractivity contribution >= 4 is 11.4 Å². The first-order chi connectivity index (χ1) is 8.90. The second-order valence-corrected chi connectivity index (χ2v) is 4.56. The molecule has 2 nitrogen and oxygen atoms in total. The van der Waals surface area contributed by atoms with E-state index in [1.54, 1.807) is 0 Å². The van der Waals surface area contributed by atoms with Gasteiger partial charge in [-0.05, 0) is 23.8 Å². The van der Waals surface area contributed by atoms with Crippen molar-refractivity contribution in [3.63, 3.8) is 0 Å². The van der Waals surface area contributed by atoms with Crippen LogP contribution in [0.2, 0.25) is 0 Å². The Labute approximate surface area is 107 Å². The molecule has 2 heteroatoms. The lowest BCUT2D eigenvalue weighted by Gasteiger charge is -2.19. The Morgan fingerprint density at radius 1 is 1.06 bits per heavy atom. The minimum absolute atomic E-state index is 0.325. The molecule has 1 aliphatic heterocycles. The third-order valence-corrected chi connectivity index (χ3v) is 3.48. The van der Waals surface area contributed by atoms with Crippen molar-refractivity contribution in [2.24, 2.45) is 0 Å². The summed E-state index contributed by atoms with van der Waals surface area (Å²) >= 11 is 0. The van der Waals surface area contributed by atoms with Gasteiger partial charge in [0.25, 0.3) is 0 Å². The largest absolute Gasteiger partial charge is 0.341 e. The van der Waals surface area contributed by atoms with Gasteiger partial charge in [-0.1, -0.05) is 36.4 Å². The summed E-state index contributed by atoms with van der Waals surface area (Å²) in [4.78, 5) is 2.30. The second kappa shape index (κ2) is 4.54. The molecule has 0 radical (unpaired) electrons. The van der Waals surface area contributed by atoms with E-state index in [1.165, 1.54) is 16.9 Å². The zero-order valence-electron chi connectivity index (χ0n) is 10.1. The lowest BCUT2D eigenvalue weighted by molar-refractivity contribution is 0.751. The maximum Gasteiger partial charge on any atom is 0.0628 e. The number of anilines is 2. The monoisotopic (exact) mass is 234 g/mol. The third kappa shape index (κ3) is 1.74.